The lowest BCUT2D eigenvalue weighted by atomic mass is 10.1. The lowest BCUT2D eigenvalue weighted by Crippen LogP contribution is -2.18. The van der Waals surface area contributed by atoms with Gasteiger partial charge in [0.15, 0.2) is 5.82 Å². The molecule has 1 heterocycles. The van der Waals surface area contributed by atoms with Crippen LogP contribution in [0, 0.1) is 5.92 Å². The van der Waals surface area contributed by atoms with Crippen LogP contribution in [0.5, 0.6) is 5.75 Å². The number of anilines is 1. The third kappa shape index (κ3) is 4.60. The number of primary amides is 1. The smallest absolute Gasteiger partial charge is 0.217 e. The van der Waals surface area contributed by atoms with Gasteiger partial charge in [-0.15, -0.1) is 0 Å². The minimum absolute atomic E-state index is 0.0409. The summed E-state index contributed by atoms with van der Waals surface area (Å²) in [6.45, 7) is 2.29. The number of nitrogens with two attached hydrogens (primary N) is 2. The van der Waals surface area contributed by atoms with E-state index < -0.39 is 0 Å². The van der Waals surface area contributed by atoms with Crippen molar-refractivity contribution in [2.75, 3.05) is 12.3 Å². The van der Waals surface area contributed by atoms with Gasteiger partial charge in [0.25, 0.3) is 0 Å². The monoisotopic (exact) mass is 320 g/mol. The Bertz CT molecular complexity index is 658. The van der Waals surface area contributed by atoms with E-state index in [1.54, 1.807) is 6.07 Å². The highest BCUT2D eigenvalue weighted by Crippen LogP contribution is 2.23. The molecule has 1 aromatic carbocycles. The number of aromatic nitrogens is 2. The van der Waals surface area contributed by atoms with Crippen LogP contribution in [0.1, 0.15) is 13.3 Å². The average molecular weight is 321 g/mol. The maximum absolute atomic E-state index is 10.8. The van der Waals surface area contributed by atoms with E-state index in [0.29, 0.717) is 24.0 Å². The molecular formula is C15H17ClN4O2. The van der Waals surface area contributed by atoms with Crippen molar-refractivity contribution in [1.82, 2.24) is 9.97 Å². The van der Waals surface area contributed by atoms with E-state index in [1.165, 1.54) is 6.07 Å². The summed E-state index contributed by atoms with van der Waals surface area (Å²) >= 11 is 5.88. The number of ether oxygens (including phenoxy) is 1. The topological polar surface area (TPSA) is 104 Å². The summed E-state index contributed by atoms with van der Waals surface area (Å²) in [5.41, 5.74) is 11.6. The molecule has 1 unspecified atom stereocenters. The Balaban J connectivity index is 2.11. The van der Waals surface area contributed by atoms with Gasteiger partial charge in [0, 0.05) is 18.1 Å². The number of halogens is 1. The first-order valence-corrected chi connectivity index (χ1v) is 7.13. The highest BCUT2D eigenvalue weighted by atomic mass is 35.5. The molecule has 0 radical (unpaired) electrons. The molecule has 0 aliphatic heterocycles. The van der Waals surface area contributed by atoms with Gasteiger partial charge in [-0.05, 0) is 18.1 Å². The number of carbonyl (C=O) groups excluding carboxylic acids is 1. The molecular weight excluding hydrogens is 304 g/mol. The van der Waals surface area contributed by atoms with Gasteiger partial charge < -0.3 is 16.2 Å². The average Bonchev–Trinajstić information content (AvgIpc) is 2.44. The molecule has 2 aromatic rings. The molecule has 1 aromatic heterocycles. The molecule has 116 valence electrons. The van der Waals surface area contributed by atoms with Crippen molar-refractivity contribution < 1.29 is 9.53 Å². The first-order valence-electron chi connectivity index (χ1n) is 6.75. The van der Waals surface area contributed by atoms with Crippen LogP contribution >= 0.6 is 11.6 Å². The van der Waals surface area contributed by atoms with Crippen LogP contribution in [0.3, 0.4) is 0 Å². The zero-order valence-corrected chi connectivity index (χ0v) is 12.9. The first kappa shape index (κ1) is 16.0. The molecule has 2 rings (SSSR count). The van der Waals surface area contributed by atoms with Gasteiger partial charge in [-0.3, -0.25) is 4.79 Å². The predicted molar refractivity (Wildman–Crippen MR) is 85.4 cm³/mol. The van der Waals surface area contributed by atoms with E-state index in [0.717, 1.165) is 5.56 Å². The Hall–Kier alpha value is -2.34. The molecule has 4 N–H and O–H groups in total. The number of nitrogens with zero attached hydrogens (tertiary/aromatic N) is 2. The summed E-state index contributed by atoms with van der Waals surface area (Å²) in [5.74, 6) is 1.08. The highest BCUT2D eigenvalue weighted by molar-refractivity contribution is 6.29. The zero-order valence-electron chi connectivity index (χ0n) is 12.1. The van der Waals surface area contributed by atoms with Crippen molar-refractivity contribution in [3.63, 3.8) is 0 Å². The van der Waals surface area contributed by atoms with Gasteiger partial charge in [-0.2, -0.15) is 0 Å². The molecule has 0 spiro atoms. The van der Waals surface area contributed by atoms with E-state index >= 15 is 0 Å². The van der Waals surface area contributed by atoms with Crippen molar-refractivity contribution in [3.05, 3.63) is 35.5 Å². The fourth-order valence-electron chi connectivity index (χ4n) is 1.93. The normalized spacial score (nSPS) is 11.9. The van der Waals surface area contributed by atoms with E-state index in [1.807, 2.05) is 25.1 Å². The minimum Gasteiger partial charge on any atom is -0.493 e. The number of carbonyl (C=O) groups is 1. The van der Waals surface area contributed by atoms with Gasteiger partial charge in [0.1, 0.15) is 16.7 Å². The van der Waals surface area contributed by atoms with Crippen molar-refractivity contribution in [3.8, 4) is 17.1 Å². The largest absolute Gasteiger partial charge is 0.493 e. The van der Waals surface area contributed by atoms with Crippen LogP contribution in [0.2, 0.25) is 5.15 Å². The van der Waals surface area contributed by atoms with Gasteiger partial charge in [-0.1, -0.05) is 30.7 Å². The molecule has 0 fully saturated rings. The first-order chi connectivity index (χ1) is 10.4. The number of hydrogen-bond donors (Lipinski definition) is 2. The zero-order chi connectivity index (χ0) is 16.1. The summed E-state index contributed by atoms with van der Waals surface area (Å²) in [5, 5.41) is 0.281. The van der Waals surface area contributed by atoms with Crippen LogP contribution in [-0.4, -0.2) is 22.5 Å². The number of amides is 1. The Labute approximate surface area is 133 Å². The van der Waals surface area contributed by atoms with E-state index in [4.69, 9.17) is 27.8 Å². The molecule has 0 bridgehead atoms. The van der Waals surface area contributed by atoms with Gasteiger partial charge in [0.2, 0.25) is 5.91 Å². The minimum atomic E-state index is -0.340. The van der Waals surface area contributed by atoms with Gasteiger partial charge in [-0.25, -0.2) is 9.97 Å². The van der Waals surface area contributed by atoms with Crippen LogP contribution in [-0.2, 0) is 4.79 Å². The second kappa shape index (κ2) is 7.09. The summed E-state index contributed by atoms with van der Waals surface area (Å²) < 4.78 is 5.66. The quantitative estimate of drug-likeness (QED) is 0.794. The maximum atomic E-state index is 10.8. The Kier molecular flexibility index (Phi) is 5.16. The van der Waals surface area contributed by atoms with Crippen molar-refractivity contribution in [2.45, 2.75) is 13.3 Å². The maximum Gasteiger partial charge on any atom is 0.217 e. The Morgan fingerprint density at radius 3 is 2.82 bits per heavy atom. The molecule has 0 saturated heterocycles. The lowest BCUT2D eigenvalue weighted by Gasteiger charge is -2.12. The fraction of sp³-hybridized carbons (Fsp3) is 0.267. The molecule has 0 aliphatic rings. The summed E-state index contributed by atoms with van der Waals surface area (Å²) in [4.78, 5) is 19.1. The summed E-state index contributed by atoms with van der Waals surface area (Å²) in [6.07, 6.45) is 0.285. The summed E-state index contributed by atoms with van der Waals surface area (Å²) in [7, 11) is 0. The van der Waals surface area contributed by atoms with Crippen molar-refractivity contribution in [2.24, 2.45) is 11.7 Å². The molecule has 7 heteroatoms. The van der Waals surface area contributed by atoms with Gasteiger partial charge >= 0.3 is 0 Å². The lowest BCUT2D eigenvalue weighted by molar-refractivity contribution is -0.119. The van der Waals surface area contributed by atoms with E-state index in [9.17, 15) is 4.79 Å². The third-order valence-electron chi connectivity index (χ3n) is 2.89. The van der Waals surface area contributed by atoms with Crippen molar-refractivity contribution >= 4 is 23.3 Å². The summed E-state index contributed by atoms with van der Waals surface area (Å²) in [6, 6.07) is 8.75. The van der Waals surface area contributed by atoms with Crippen LogP contribution in [0.25, 0.3) is 11.4 Å². The number of hydrogen-bond acceptors (Lipinski definition) is 5. The van der Waals surface area contributed by atoms with E-state index in [-0.39, 0.29) is 23.4 Å². The molecule has 1 atom stereocenters. The second-order valence-corrected chi connectivity index (χ2v) is 5.44. The number of benzene rings is 1. The van der Waals surface area contributed by atoms with Crippen LogP contribution < -0.4 is 16.2 Å². The second-order valence-electron chi connectivity index (χ2n) is 5.05. The van der Waals surface area contributed by atoms with Crippen LogP contribution in [0.4, 0.5) is 5.82 Å². The van der Waals surface area contributed by atoms with E-state index in [2.05, 4.69) is 9.97 Å². The number of rotatable bonds is 6. The molecule has 1 amide bonds. The SMILES string of the molecule is CC(COc1cccc(-c2nc(N)cc(Cl)n2)c1)CC(N)=O. The van der Waals surface area contributed by atoms with Crippen LogP contribution in [0.15, 0.2) is 30.3 Å². The molecule has 0 aliphatic carbocycles. The Morgan fingerprint density at radius 2 is 2.14 bits per heavy atom. The molecule has 22 heavy (non-hydrogen) atoms. The Morgan fingerprint density at radius 1 is 1.36 bits per heavy atom. The number of nitrogen functional groups attached to an aromatic ring is 1. The third-order valence-corrected chi connectivity index (χ3v) is 3.08. The fourth-order valence-corrected chi connectivity index (χ4v) is 2.12. The standard InChI is InChI=1S/C15H17ClN4O2/c1-9(5-14(18)21)8-22-11-4-2-3-10(6-11)15-19-12(16)7-13(17)20-15/h2-4,6-7,9H,5,8H2,1H3,(H2,18,21)(H2,17,19,20). The molecule has 6 nitrogen and oxygen atoms in total. The van der Waals surface area contributed by atoms with Crippen molar-refractivity contribution in [1.29, 1.82) is 0 Å². The van der Waals surface area contributed by atoms with Gasteiger partial charge in [0.05, 0.1) is 6.61 Å². The molecule has 0 saturated carbocycles. The predicted octanol–water partition coefficient (Wildman–Crippen LogP) is 2.27. The highest BCUT2D eigenvalue weighted by Gasteiger charge is 2.09.